The highest BCUT2D eigenvalue weighted by molar-refractivity contribution is 7.14. The number of rotatable bonds is 8. The summed E-state index contributed by atoms with van der Waals surface area (Å²) in [5, 5.41) is 7.14. The average molecular weight is 458 g/mol. The van der Waals surface area contributed by atoms with Crippen molar-refractivity contribution in [2.24, 2.45) is 5.10 Å². The first-order valence-electron chi connectivity index (χ1n) is 10.7. The lowest BCUT2D eigenvalue weighted by atomic mass is 10.0. The third kappa shape index (κ3) is 5.79. The quantitative estimate of drug-likeness (QED) is 0.234. The van der Waals surface area contributed by atoms with E-state index in [1.165, 1.54) is 28.0 Å². The molecule has 0 unspecified atom stereocenters. The standard InChI is InChI=1S/C27H27N3O2S/c1-18-5-8-21(9-6-18)16-32-26-14-22(10-12-25(26)31-4)15-28-30-27-29-24(17-33-27)23-11-7-19(2)13-20(23)3/h5-15,17H,16H2,1-4H3,(H,29,30)/b28-15-. The Morgan fingerprint density at radius 1 is 0.939 bits per heavy atom. The number of hydrazone groups is 1. The smallest absolute Gasteiger partial charge is 0.203 e. The van der Waals surface area contributed by atoms with E-state index >= 15 is 0 Å². The van der Waals surface area contributed by atoms with Gasteiger partial charge in [-0.3, -0.25) is 5.43 Å². The van der Waals surface area contributed by atoms with E-state index in [2.05, 4.69) is 78.7 Å². The van der Waals surface area contributed by atoms with Crippen molar-refractivity contribution in [3.8, 4) is 22.8 Å². The molecule has 1 N–H and O–H groups in total. The Labute approximate surface area is 198 Å². The van der Waals surface area contributed by atoms with E-state index in [4.69, 9.17) is 9.47 Å². The van der Waals surface area contributed by atoms with Gasteiger partial charge >= 0.3 is 0 Å². The van der Waals surface area contributed by atoms with Crippen LogP contribution in [0.2, 0.25) is 0 Å². The molecule has 0 bridgehead atoms. The van der Waals surface area contributed by atoms with Gasteiger partial charge in [-0.1, -0.05) is 53.6 Å². The van der Waals surface area contributed by atoms with Gasteiger partial charge in [0.25, 0.3) is 0 Å². The van der Waals surface area contributed by atoms with Crippen LogP contribution in [0.4, 0.5) is 5.13 Å². The van der Waals surface area contributed by atoms with Gasteiger partial charge < -0.3 is 9.47 Å². The fraction of sp³-hybridized carbons (Fsp3) is 0.185. The molecule has 1 heterocycles. The Bertz CT molecular complexity index is 1260. The summed E-state index contributed by atoms with van der Waals surface area (Å²) < 4.78 is 11.5. The zero-order chi connectivity index (χ0) is 23.2. The number of nitrogens with zero attached hydrogens (tertiary/aromatic N) is 2. The molecule has 1 aromatic heterocycles. The lowest BCUT2D eigenvalue weighted by Crippen LogP contribution is -1.99. The summed E-state index contributed by atoms with van der Waals surface area (Å²) in [5.41, 5.74) is 10.8. The van der Waals surface area contributed by atoms with Gasteiger partial charge in [-0.25, -0.2) is 4.98 Å². The lowest BCUT2D eigenvalue weighted by Gasteiger charge is -2.11. The Kier molecular flexibility index (Phi) is 7.05. The van der Waals surface area contributed by atoms with Gasteiger partial charge in [-0.15, -0.1) is 11.3 Å². The van der Waals surface area contributed by atoms with Crippen LogP contribution in [0.25, 0.3) is 11.3 Å². The first kappa shape index (κ1) is 22.6. The van der Waals surface area contributed by atoms with Crippen LogP contribution in [0.3, 0.4) is 0 Å². The molecule has 4 aromatic rings. The number of benzene rings is 3. The molecule has 0 radical (unpaired) electrons. The van der Waals surface area contributed by atoms with Crippen molar-refractivity contribution in [2.75, 3.05) is 12.5 Å². The van der Waals surface area contributed by atoms with E-state index in [1.807, 2.05) is 23.6 Å². The highest BCUT2D eigenvalue weighted by Gasteiger charge is 2.08. The molecule has 6 heteroatoms. The van der Waals surface area contributed by atoms with Gasteiger partial charge in [0.05, 0.1) is 19.0 Å². The maximum Gasteiger partial charge on any atom is 0.203 e. The number of anilines is 1. The van der Waals surface area contributed by atoms with Gasteiger partial charge in [0.15, 0.2) is 11.5 Å². The zero-order valence-electron chi connectivity index (χ0n) is 19.3. The molecule has 168 valence electrons. The van der Waals surface area contributed by atoms with Gasteiger partial charge in [-0.05, 0) is 55.7 Å². The minimum Gasteiger partial charge on any atom is -0.493 e. The van der Waals surface area contributed by atoms with Crippen LogP contribution in [0.15, 0.2) is 71.1 Å². The van der Waals surface area contributed by atoms with Crippen molar-refractivity contribution < 1.29 is 9.47 Å². The van der Waals surface area contributed by atoms with Gasteiger partial charge in [-0.2, -0.15) is 5.10 Å². The molecule has 4 rings (SSSR count). The van der Waals surface area contributed by atoms with Crippen molar-refractivity contribution in [3.05, 3.63) is 93.9 Å². The number of thiazole rings is 1. The Balaban J connectivity index is 1.42. The van der Waals surface area contributed by atoms with Crippen molar-refractivity contribution in [2.45, 2.75) is 27.4 Å². The van der Waals surface area contributed by atoms with Gasteiger partial charge in [0.2, 0.25) is 5.13 Å². The third-order valence-corrected chi connectivity index (χ3v) is 5.99. The van der Waals surface area contributed by atoms with Gasteiger partial charge in [0, 0.05) is 10.9 Å². The summed E-state index contributed by atoms with van der Waals surface area (Å²) in [6.45, 7) is 6.74. The summed E-state index contributed by atoms with van der Waals surface area (Å²) in [5.74, 6) is 1.36. The molecule has 0 fully saturated rings. The molecule has 33 heavy (non-hydrogen) atoms. The fourth-order valence-electron chi connectivity index (χ4n) is 3.44. The van der Waals surface area contributed by atoms with Crippen LogP contribution in [0.5, 0.6) is 11.5 Å². The maximum absolute atomic E-state index is 6.01. The predicted octanol–water partition coefficient (Wildman–Crippen LogP) is 6.77. The molecular weight excluding hydrogens is 430 g/mol. The monoisotopic (exact) mass is 457 g/mol. The van der Waals surface area contributed by atoms with Crippen molar-refractivity contribution in [3.63, 3.8) is 0 Å². The SMILES string of the molecule is COc1ccc(/C=N\Nc2nc(-c3ccc(C)cc3C)cs2)cc1OCc1ccc(C)cc1. The van der Waals surface area contributed by atoms with E-state index in [1.54, 1.807) is 13.3 Å². The van der Waals surface area contributed by atoms with Crippen molar-refractivity contribution >= 4 is 22.7 Å². The first-order valence-corrected chi connectivity index (χ1v) is 11.6. The summed E-state index contributed by atoms with van der Waals surface area (Å²) in [4.78, 5) is 4.67. The number of ether oxygens (including phenoxy) is 2. The number of methoxy groups -OCH3 is 1. The predicted molar refractivity (Wildman–Crippen MR) is 137 cm³/mol. The first-order chi connectivity index (χ1) is 16.0. The third-order valence-electron chi connectivity index (χ3n) is 5.24. The summed E-state index contributed by atoms with van der Waals surface area (Å²) in [6, 6.07) is 20.4. The molecule has 0 atom stereocenters. The van der Waals surface area contributed by atoms with E-state index in [-0.39, 0.29) is 0 Å². The number of hydrogen-bond donors (Lipinski definition) is 1. The van der Waals surface area contributed by atoms with E-state index < -0.39 is 0 Å². The highest BCUT2D eigenvalue weighted by Crippen LogP contribution is 2.29. The van der Waals surface area contributed by atoms with Crippen LogP contribution in [0.1, 0.15) is 27.8 Å². The summed E-state index contributed by atoms with van der Waals surface area (Å²) >= 11 is 1.53. The van der Waals surface area contributed by atoms with Crippen LogP contribution >= 0.6 is 11.3 Å². The second kappa shape index (κ2) is 10.3. The Morgan fingerprint density at radius 3 is 2.48 bits per heavy atom. The largest absolute Gasteiger partial charge is 0.493 e. The van der Waals surface area contributed by atoms with Crippen LogP contribution in [-0.2, 0) is 6.61 Å². The van der Waals surface area contributed by atoms with Crippen LogP contribution in [0, 0.1) is 20.8 Å². The van der Waals surface area contributed by atoms with Gasteiger partial charge in [0.1, 0.15) is 6.61 Å². The highest BCUT2D eigenvalue weighted by atomic mass is 32.1. The minimum atomic E-state index is 0.468. The number of nitrogens with one attached hydrogen (secondary N) is 1. The van der Waals surface area contributed by atoms with E-state index in [0.717, 1.165) is 27.5 Å². The Morgan fingerprint density at radius 2 is 1.73 bits per heavy atom. The summed E-state index contributed by atoms with van der Waals surface area (Å²) in [7, 11) is 1.64. The fourth-order valence-corrected chi connectivity index (χ4v) is 4.10. The molecule has 0 amide bonds. The minimum absolute atomic E-state index is 0.468. The molecule has 0 saturated carbocycles. The normalized spacial score (nSPS) is 11.0. The zero-order valence-corrected chi connectivity index (χ0v) is 20.1. The molecule has 0 aliphatic carbocycles. The van der Waals surface area contributed by atoms with E-state index in [9.17, 15) is 0 Å². The molecule has 3 aromatic carbocycles. The number of hydrogen-bond acceptors (Lipinski definition) is 6. The molecular formula is C27H27N3O2S. The molecule has 0 aliphatic heterocycles. The van der Waals surface area contributed by atoms with Crippen LogP contribution < -0.4 is 14.9 Å². The second-order valence-electron chi connectivity index (χ2n) is 7.91. The number of aromatic nitrogens is 1. The van der Waals surface area contributed by atoms with E-state index in [0.29, 0.717) is 18.1 Å². The lowest BCUT2D eigenvalue weighted by molar-refractivity contribution is 0.284. The van der Waals surface area contributed by atoms with Crippen molar-refractivity contribution in [1.82, 2.24) is 4.98 Å². The second-order valence-corrected chi connectivity index (χ2v) is 8.77. The van der Waals surface area contributed by atoms with Crippen LogP contribution in [-0.4, -0.2) is 18.3 Å². The Hall–Kier alpha value is -3.64. The topological polar surface area (TPSA) is 55.7 Å². The molecule has 0 spiro atoms. The summed E-state index contributed by atoms with van der Waals surface area (Å²) in [6.07, 6.45) is 1.75. The maximum atomic E-state index is 6.01. The molecule has 5 nitrogen and oxygen atoms in total. The van der Waals surface area contributed by atoms with Crippen molar-refractivity contribution in [1.29, 1.82) is 0 Å². The molecule has 0 saturated heterocycles. The average Bonchev–Trinajstić information content (AvgIpc) is 3.27. The molecule has 0 aliphatic rings. The number of aryl methyl sites for hydroxylation is 3.